The zero-order valence-corrected chi connectivity index (χ0v) is 10.3. The molecule has 0 atom stereocenters. The van der Waals surface area contributed by atoms with Crippen molar-refractivity contribution in [1.82, 2.24) is 9.97 Å². The minimum absolute atomic E-state index is 0.102. The Bertz CT molecular complexity index is 718. The first-order valence-corrected chi connectivity index (χ1v) is 6.10. The molecule has 19 heavy (non-hydrogen) atoms. The van der Waals surface area contributed by atoms with Crippen LogP contribution in [0.1, 0.15) is 15.9 Å². The fraction of sp³-hybridized carbons (Fsp3) is 0.0625. The fourth-order valence-electron chi connectivity index (χ4n) is 2.12. The van der Waals surface area contributed by atoms with Gasteiger partial charge in [-0.2, -0.15) is 0 Å². The minimum atomic E-state index is 0.102. The van der Waals surface area contributed by atoms with Crippen molar-refractivity contribution in [3.63, 3.8) is 0 Å². The predicted octanol–water partition coefficient (Wildman–Crippen LogP) is 3.06. The van der Waals surface area contributed by atoms with Gasteiger partial charge in [-0.05, 0) is 29.8 Å². The highest BCUT2D eigenvalue weighted by molar-refractivity contribution is 6.07. The summed E-state index contributed by atoms with van der Waals surface area (Å²) >= 11 is 0. The Kier molecular flexibility index (Phi) is 3.02. The number of pyridine rings is 2. The molecule has 3 heteroatoms. The predicted molar refractivity (Wildman–Crippen MR) is 74.0 cm³/mol. The molecule has 92 valence electrons. The zero-order chi connectivity index (χ0) is 13.1. The Balaban J connectivity index is 1.98. The van der Waals surface area contributed by atoms with E-state index in [9.17, 15) is 4.79 Å². The fourth-order valence-corrected chi connectivity index (χ4v) is 2.12. The van der Waals surface area contributed by atoms with Crippen molar-refractivity contribution >= 4 is 16.7 Å². The molecule has 0 amide bonds. The van der Waals surface area contributed by atoms with Crippen molar-refractivity contribution in [3.05, 3.63) is 72.2 Å². The first kappa shape index (κ1) is 11.5. The number of rotatable bonds is 3. The number of hydrogen-bond acceptors (Lipinski definition) is 3. The minimum Gasteiger partial charge on any atom is -0.294 e. The molecule has 0 aliphatic rings. The quantitative estimate of drug-likeness (QED) is 0.669. The molecule has 3 nitrogen and oxygen atoms in total. The van der Waals surface area contributed by atoms with Crippen molar-refractivity contribution in [3.8, 4) is 0 Å². The molecule has 3 aromatic rings. The largest absolute Gasteiger partial charge is 0.294 e. The maximum atomic E-state index is 12.4. The number of nitrogens with zero attached hydrogens (tertiary/aromatic N) is 2. The lowest BCUT2D eigenvalue weighted by Crippen LogP contribution is -2.04. The second-order valence-electron chi connectivity index (χ2n) is 4.33. The summed E-state index contributed by atoms with van der Waals surface area (Å²) in [7, 11) is 0. The van der Waals surface area contributed by atoms with E-state index in [1.807, 2.05) is 36.4 Å². The average Bonchev–Trinajstić information content (AvgIpc) is 2.47. The van der Waals surface area contributed by atoms with Gasteiger partial charge in [-0.15, -0.1) is 0 Å². The van der Waals surface area contributed by atoms with Crippen molar-refractivity contribution in [2.45, 2.75) is 6.42 Å². The molecule has 0 bridgehead atoms. The van der Waals surface area contributed by atoms with Gasteiger partial charge in [-0.25, -0.2) is 0 Å². The molecule has 0 fully saturated rings. The van der Waals surface area contributed by atoms with Crippen LogP contribution in [0.15, 0.2) is 61.1 Å². The van der Waals surface area contributed by atoms with Gasteiger partial charge in [-0.3, -0.25) is 14.8 Å². The molecule has 0 unspecified atom stereocenters. The number of carbonyl (C=O) groups is 1. The molecule has 2 aromatic heterocycles. The van der Waals surface area contributed by atoms with Crippen LogP contribution in [0, 0.1) is 0 Å². The lowest BCUT2D eigenvalue weighted by atomic mass is 10.0. The van der Waals surface area contributed by atoms with E-state index in [0.717, 1.165) is 22.0 Å². The van der Waals surface area contributed by atoms with Crippen molar-refractivity contribution in [2.75, 3.05) is 0 Å². The number of aromatic nitrogens is 2. The third-order valence-electron chi connectivity index (χ3n) is 3.06. The standard InChI is InChI=1S/C16H12N2O/c19-16(11-12-5-8-17-9-6-12)14-7-10-18-15-4-2-1-3-13(14)15/h1-10H,11H2. The number of para-hydroxylation sites is 1. The highest BCUT2D eigenvalue weighted by Gasteiger charge is 2.10. The normalized spacial score (nSPS) is 10.5. The third-order valence-corrected chi connectivity index (χ3v) is 3.06. The molecule has 0 aliphatic heterocycles. The van der Waals surface area contributed by atoms with Crippen LogP contribution < -0.4 is 0 Å². The van der Waals surface area contributed by atoms with E-state index < -0.39 is 0 Å². The van der Waals surface area contributed by atoms with Crippen LogP contribution in [0.3, 0.4) is 0 Å². The molecule has 0 N–H and O–H groups in total. The van der Waals surface area contributed by atoms with E-state index in [-0.39, 0.29) is 5.78 Å². The highest BCUT2D eigenvalue weighted by Crippen LogP contribution is 2.18. The summed E-state index contributed by atoms with van der Waals surface area (Å²) in [5, 5.41) is 0.907. The highest BCUT2D eigenvalue weighted by atomic mass is 16.1. The summed E-state index contributed by atoms with van der Waals surface area (Å²) in [6.45, 7) is 0. The summed E-state index contributed by atoms with van der Waals surface area (Å²) in [5.74, 6) is 0.102. The molecule has 0 aliphatic carbocycles. The van der Waals surface area contributed by atoms with E-state index in [0.29, 0.717) is 6.42 Å². The van der Waals surface area contributed by atoms with Crippen LogP contribution in [0.5, 0.6) is 0 Å². The monoisotopic (exact) mass is 248 g/mol. The summed E-state index contributed by atoms with van der Waals surface area (Å²) in [6.07, 6.45) is 5.47. The second kappa shape index (κ2) is 4.98. The van der Waals surface area contributed by atoms with E-state index in [2.05, 4.69) is 9.97 Å². The van der Waals surface area contributed by atoms with E-state index >= 15 is 0 Å². The SMILES string of the molecule is O=C(Cc1ccncc1)c1ccnc2ccccc12. The number of Topliss-reactive ketones (excluding diaryl/α,β-unsaturated/α-hetero) is 1. The first-order valence-electron chi connectivity index (χ1n) is 6.10. The summed E-state index contributed by atoms with van der Waals surface area (Å²) in [6, 6.07) is 13.2. The lowest BCUT2D eigenvalue weighted by molar-refractivity contribution is 0.0994. The molecule has 0 saturated heterocycles. The Labute approximate surface area is 111 Å². The number of benzene rings is 1. The number of fused-ring (bicyclic) bond motifs is 1. The third kappa shape index (κ3) is 2.36. The average molecular weight is 248 g/mol. The summed E-state index contributed by atoms with van der Waals surface area (Å²) < 4.78 is 0. The van der Waals surface area contributed by atoms with Crippen LogP contribution >= 0.6 is 0 Å². The molecular formula is C16H12N2O. The van der Waals surface area contributed by atoms with Gasteiger partial charge in [0.05, 0.1) is 5.52 Å². The smallest absolute Gasteiger partial charge is 0.167 e. The first-order chi connectivity index (χ1) is 9.34. The van der Waals surface area contributed by atoms with Crippen LogP contribution in [0.4, 0.5) is 0 Å². The van der Waals surface area contributed by atoms with Crippen LogP contribution in [-0.4, -0.2) is 15.8 Å². The molecular weight excluding hydrogens is 236 g/mol. The molecule has 2 heterocycles. The summed E-state index contributed by atoms with van der Waals surface area (Å²) in [5.41, 5.74) is 2.55. The van der Waals surface area contributed by atoms with Crippen LogP contribution in [-0.2, 0) is 6.42 Å². The van der Waals surface area contributed by atoms with Gasteiger partial charge >= 0.3 is 0 Å². The molecule has 0 spiro atoms. The maximum absolute atomic E-state index is 12.4. The molecule has 0 radical (unpaired) electrons. The van der Waals surface area contributed by atoms with Gasteiger partial charge in [0.25, 0.3) is 0 Å². The zero-order valence-electron chi connectivity index (χ0n) is 10.3. The number of ketones is 1. The molecule has 0 saturated carbocycles. The molecule has 3 rings (SSSR count). The van der Waals surface area contributed by atoms with Gasteiger partial charge in [0, 0.05) is 36.0 Å². The Morgan fingerprint density at radius 2 is 1.74 bits per heavy atom. The van der Waals surface area contributed by atoms with Gasteiger partial charge in [0.1, 0.15) is 0 Å². The van der Waals surface area contributed by atoms with Gasteiger partial charge < -0.3 is 0 Å². The van der Waals surface area contributed by atoms with E-state index in [1.54, 1.807) is 24.7 Å². The topological polar surface area (TPSA) is 42.9 Å². The van der Waals surface area contributed by atoms with E-state index in [1.165, 1.54) is 0 Å². The van der Waals surface area contributed by atoms with Crippen LogP contribution in [0.25, 0.3) is 10.9 Å². The Hall–Kier alpha value is -2.55. The maximum Gasteiger partial charge on any atom is 0.167 e. The Morgan fingerprint density at radius 1 is 0.947 bits per heavy atom. The number of hydrogen-bond donors (Lipinski definition) is 0. The van der Waals surface area contributed by atoms with Gasteiger partial charge in [0.15, 0.2) is 5.78 Å². The number of carbonyl (C=O) groups excluding carboxylic acids is 1. The van der Waals surface area contributed by atoms with E-state index in [4.69, 9.17) is 0 Å². The van der Waals surface area contributed by atoms with Gasteiger partial charge in [0.2, 0.25) is 0 Å². The Morgan fingerprint density at radius 3 is 2.58 bits per heavy atom. The van der Waals surface area contributed by atoms with Crippen molar-refractivity contribution in [1.29, 1.82) is 0 Å². The van der Waals surface area contributed by atoms with Gasteiger partial charge in [-0.1, -0.05) is 18.2 Å². The lowest BCUT2D eigenvalue weighted by Gasteiger charge is -2.05. The van der Waals surface area contributed by atoms with Crippen molar-refractivity contribution < 1.29 is 4.79 Å². The van der Waals surface area contributed by atoms with Crippen LogP contribution in [0.2, 0.25) is 0 Å². The summed E-state index contributed by atoms with van der Waals surface area (Å²) in [4.78, 5) is 20.6. The van der Waals surface area contributed by atoms with Crippen molar-refractivity contribution in [2.24, 2.45) is 0 Å². The second-order valence-corrected chi connectivity index (χ2v) is 4.33. The molecule has 1 aromatic carbocycles.